The van der Waals surface area contributed by atoms with E-state index in [0.29, 0.717) is 6.54 Å². The van der Waals surface area contributed by atoms with E-state index in [2.05, 4.69) is 59.6 Å². The first-order valence-corrected chi connectivity index (χ1v) is 10.1. The summed E-state index contributed by atoms with van der Waals surface area (Å²) in [5.74, 6) is 0.969. The van der Waals surface area contributed by atoms with E-state index >= 15 is 0 Å². The third-order valence-corrected chi connectivity index (χ3v) is 5.39. The highest BCUT2D eigenvalue weighted by atomic mass is 127. The average molecular weight is 495 g/mol. The maximum absolute atomic E-state index is 5.99. The highest BCUT2D eigenvalue weighted by Gasteiger charge is 2.32. The van der Waals surface area contributed by atoms with Gasteiger partial charge in [0, 0.05) is 26.2 Å². The maximum Gasteiger partial charge on any atom is 0.194 e. The van der Waals surface area contributed by atoms with Gasteiger partial charge in [0.2, 0.25) is 0 Å². The van der Waals surface area contributed by atoms with Crippen molar-refractivity contribution in [1.29, 1.82) is 0 Å². The lowest BCUT2D eigenvalue weighted by molar-refractivity contribution is -0.0817. The second kappa shape index (κ2) is 10.4. The van der Waals surface area contributed by atoms with E-state index in [9.17, 15) is 0 Å². The van der Waals surface area contributed by atoms with Gasteiger partial charge in [-0.2, -0.15) is 0 Å². The molecule has 2 atom stereocenters. The van der Waals surface area contributed by atoms with Crippen LogP contribution in [0.1, 0.15) is 25.3 Å². The van der Waals surface area contributed by atoms with E-state index in [1.807, 2.05) is 0 Å². The first-order valence-electron chi connectivity index (χ1n) is 10.1. The molecule has 4 rings (SSSR count). The molecule has 2 aromatic rings. The monoisotopic (exact) mass is 495 g/mol. The van der Waals surface area contributed by atoms with Crippen molar-refractivity contribution in [2.45, 2.75) is 38.5 Å². The minimum atomic E-state index is 0. The largest absolute Gasteiger partial charge is 0.375 e. The molecule has 2 aliphatic rings. The summed E-state index contributed by atoms with van der Waals surface area (Å²) < 4.78 is 11.8. The molecule has 0 bridgehead atoms. The number of nitrogens with zero attached hydrogens (tertiary/aromatic N) is 2. The summed E-state index contributed by atoms with van der Waals surface area (Å²) >= 11 is 0. The van der Waals surface area contributed by atoms with E-state index in [4.69, 9.17) is 14.5 Å². The van der Waals surface area contributed by atoms with Crippen molar-refractivity contribution in [3.8, 4) is 0 Å². The zero-order valence-corrected chi connectivity index (χ0v) is 18.8. The van der Waals surface area contributed by atoms with Gasteiger partial charge in [-0.05, 0) is 36.1 Å². The fraction of sp³-hybridized carbons (Fsp3) is 0.500. The summed E-state index contributed by atoms with van der Waals surface area (Å²) in [4.78, 5) is 7.28. The molecule has 0 saturated carbocycles. The van der Waals surface area contributed by atoms with Crippen LogP contribution in [0.4, 0.5) is 0 Å². The number of guanidine groups is 1. The van der Waals surface area contributed by atoms with E-state index in [0.717, 1.165) is 51.6 Å². The molecule has 5 nitrogen and oxygen atoms in total. The molecule has 2 aliphatic heterocycles. The van der Waals surface area contributed by atoms with Gasteiger partial charge in [0.05, 0.1) is 19.3 Å². The number of hydrogen-bond donors (Lipinski definition) is 1. The minimum Gasteiger partial charge on any atom is -0.375 e. The van der Waals surface area contributed by atoms with Gasteiger partial charge in [-0.3, -0.25) is 0 Å². The summed E-state index contributed by atoms with van der Waals surface area (Å²) in [7, 11) is 0. The Labute approximate surface area is 184 Å². The molecule has 2 unspecified atom stereocenters. The van der Waals surface area contributed by atoms with Gasteiger partial charge in [0.15, 0.2) is 5.96 Å². The van der Waals surface area contributed by atoms with Gasteiger partial charge >= 0.3 is 0 Å². The van der Waals surface area contributed by atoms with Crippen molar-refractivity contribution in [3.05, 3.63) is 48.0 Å². The lowest BCUT2D eigenvalue weighted by atomic mass is 10.0. The second-order valence-electron chi connectivity index (χ2n) is 7.22. The van der Waals surface area contributed by atoms with Crippen molar-refractivity contribution >= 4 is 40.7 Å². The Balaban J connectivity index is 0.00000225. The number of aliphatic imine (C=N–C) groups is 1. The molecule has 2 aromatic carbocycles. The van der Waals surface area contributed by atoms with Gasteiger partial charge in [-0.25, -0.2) is 4.99 Å². The van der Waals surface area contributed by atoms with Gasteiger partial charge < -0.3 is 19.7 Å². The van der Waals surface area contributed by atoms with Crippen molar-refractivity contribution in [3.63, 3.8) is 0 Å². The molecule has 2 fully saturated rings. The Hall–Kier alpha value is -1.38. The summed E-state index contributed by atoms with van der Waals surface area (Å²) in [5.41, 5.74) is 1.26. The number of fused-ring (bicyclic) bond motifs is 1. The van der Waals surface area contributed by atoms with Crippen LogP contribution in [-0.4, -0.2) is 55.9 Å². The molecule has 0 aromatic heterocycles. The van der Waals surface area contributed by atoms with Gasteiger partial charge in [0.1, 0.15) is 6.10 Å². The lowest BCUT2D eigenvalue weighted by Gasteiger charge is -2.37. The molecule has 0 amide bonds. The Morgan fingerprint density at radius 1 is 1.11 bits per heavy atom. The quantitative estimate of drug-likeness (QED) is 0.398. The first-order chi connectivity index (χ1) is 13.3. The molecule has 0 radical (unpaired) electrons. The van der Waals surface area contributed by atoms with Crippen LogP contribution in [0, 0.1) is 0 Å². The molecule has 2 heterocycles. The average Bonchev–Trinajstić information content (AvgIpc) is 3.26. The standard InChI is InChI=1S/C22H29N3O2.HI/c1-2-23-22(25-12-14-27-21(16-25)20-11-6-13-26-20)24-15-18-9-5-8-17-7-3-4-10-19(17)18;/h3-5,7-10,20-21H,2,6,11-16H2,1H3,(H,23,24);1H. The molecular formula is C22H30IN3O2. The second-order valence-corrected chi connectivity index (χ2v) is 7.22. The molecule has 28 heavy (non-hydrogen) atoms. The normalized spacial score (nSPS) is 22.9. The van der Waals surface area contributed by atoms with E-state index in [-0.39, 0.29) is 36.2 Å². The number of rotatable bonds is 4. The Morgan fingerprint density at radius 2 is 1.93 bits per heavy atom. The zero-order chi connectivity index (χ0) is 18.5. The SMILES string of the molecule is CCNC(=NCc1cccc2ccccc12)N1CCOC(C2CCCO2)C1.I. The molecule has 2 saturated heterocycles. The minimum absolute atomic E-state index is 0. The Kier molecular flexibility index (Phi) is 7.93. The summed E-state index contributed by atoms with van der Waals surface area (Å²) in [6, 6.07) is 14.9. The fourth-order valence-electron chi connectivity index (χ4n) is 4.00. The Morgan fingerprint density at radius 3 is 2.75 bits per heavy atom. The highest BCUT2D eigenvalue weighted by molar-refractivity contribution is 14.0. The molecule has 152 valence electrons. The van der Waals surface area contributed by atoms with Gasteiger partial charge in [-0.1, -0.05) is 42.5 Å². The van der Waals surface area contributed by atoms with Gasteiger partial charge in [-0.15, -0.1) is 24.0 Å². The van der Waals surface area contributed by atoms with E-state index in [1.54, 1.807) is 0 Å². The van der Waals surface area contributed by atoms with Crippen LogP contribution < -0.4 is 5.32 Å². The fourth-order valence-corrected chi connectivity index (χ4v) is 4.00. The number of benzene rings is 2. The number of hydrogen-bond acceptors (Lipinski definition) is 3. The first kappa shape index (κ1) is 21.3. The third kappa shape index (κ3) is 4.96. The number of morpholine rings is 1. The van der Waals surface area contributed by atoms with Crippen LogP contribution in [0.5, 0.6) is 0 Å². The summed E-state index contributed by atoms with van der Waals surface area (Å²) in [6.07, 6.45) is 2.61. The van der Waals surface area contributed by atoms with Gasteiger partial charge in [0.25, 0.3) is 0 Å². The lowest BCUT2D eigenvalue weighted by Crippen LogP contribution is -2.53. The smallest absolute Gasteiger partial charge is 0.194 e. The van der Waals surface area contributed by atoms with Crippen LogP contribution in [0.25, 0.3) is 10.8 Å². The molecule has 6 heteroatoms. The molecule has 0 spiro atoms. The Bertz CT molecular complexity index is 787. The number of halogens is 1. The zero-order valence-electron chi connectivity index (χ0n) is 16.5. The highest BCUT2D eigenvalue weighted by Crippen LogP contribution is 2.22. The van der Waals surface area contributed by atoms with E-state index in [1.165, 1.54) is 16.3 Å². The number of ether oxygens (including phenoxy) is 2. The van der Waals surface area contributed by atoms with Crippen LogP contribution in [0.15, 0.2) is 47.5 Å². The van der Waals surface area contributed by atoms with Crippen molar-refractivity contribution < 1.29 is 9.47 Å². The molecular weight excluding hydrogens is 465 g/mol. The predicted octanol–water partition coefficient (Wildman–Crippen LogP) is 3.80. The third-order valence-electron chi connectivity index (χ3n) is 5.39. The van der Waals surface area contributed by atoms with Crippen LogP contribution >= 0.6 is 24.0 Å². The van der Waals surface area contributed by atoms with Crippen LogP contribution in [0.3, 0.4) is 0 Å². The number of nitrogens with one attached hydrogen (secondary N) is 1. The van der Waals surface area contributed by atoms with Crippen LogP contribution in [0.2, 0.25) is 0 Å². The topological polar surface area (TPSA) is 46.1 Å². The van der Waals surface area contributed by atoms with Crippen molar-refractivity contribution in [1.82, 2.24) is 10.2 Å². The van der Waals surface area contributed by atoms with Crippen molar-refractivity contribution in [2.24, 2.45) is 4.99 Å². The van der Waals surface area contributed by atoms with E-state index < -0.39 is 0 Å². The maximum atomic E-state index is 5.99. The molecule has 1 N–H and O–H groups in total. The van der Waals surface area contributed by atoms with Crippen LogP contribution in [-0.2, 0) is 16.0 Å². The summed E-state index contributed by atoms with van der Waals surface area (Å²) in [5, 5.41) is 6.00. The van der Waals surface area contributed by atoms with Crippen molar-refractivity contribution in [2.75, 3.05) is 32.8 Å². The predicted molar refractivity (Wildman–Crippen MR) is 124 cm³/mol. The molecule has 0 aliphatic carbocycles. The summed E-state index contributed by atoms with van der Waals surface area (Å²) in [6.45, 7) is 6.94.